The molecule has 0 amide bonds. The summed E-state index contributed by atoms with van der Waals surface area (Å²) in [5, 5.41) is 51.9. The summed E-state index contributed by atoms with van der Waals surface area (Å²) in [7, 11) is 0. The van der Waals surface area contributed by atoms with Gasteiger partial charge < -0.3 is 30.6 Å². The summed E-state index contributed by atoms with van der Waals surface area (Å²) in [5.41, 5.74) is 0. The molecule has 0 aromatic heterocycles. The highest BCUT2D eigenvalue weighted by Crippen LogP contribution is 2.14. The van der Waals surface area contributed by atoms with Crippen molar-refractivity contribution in [1.82, 2.24) is 0 Å². The molecule has 168 valence electrons. The highest BCUT2D eigenvalue weighted by Gasteiger charge is 1.85. The minimum Gasteiger partial charge on any atom is -0.508 e. The van der Waals surface area contributed by atoms with E-state index in [1.165, 1.54) is 98.5 Å². The third-order valence-electron chi connectivity index (χ3n) is 3.56. The maximum absolute atomic E-state index is 8.65. The van der Waals surface area contributed by atoms with E-state index in [9.17, 15) is 0 Å². The standard InChI is InChI=1S/C7H14.3C6H6O2/c1-3-5-7-6-4-2;3*7-5-1-2-6(8)4-3-5/h3H,1,4-7H2,2H3;3*1-4,7-8H. The fourth-order valence-corrected chi connectivity index (χ4v) is 1.90. The lowest BCUT2D eigenvalue weighted by molar-refractivity contribution is 0.460. The molecule has 6 N–H and O–H groups in total. The molecule has 3 rings (SSSR count). The summed E-state index contributed by atoms with van der Waals surface area (Å²) >= 11 is 0. The highest BCUT2D eigenvalue weighted by molar-refractivity contribution is 5.30. The van der Waals surface area contributed by atoms with Gasteiger partial charge in [0, 0.05) is 0 Å². The van der Waals surface area contributed by atoms with Gasteiger partial charge in [-0.15, -0.1) is 6.58 Å². The van der Waals surface area contributed by atoms with Crippen molar-refractivity contribution in [1.29, 1.82) is 0 Å². The van der Waals surface area contributed by atoms with Gasteiger partial charge in [-0.1, -0.05) is 25.8 Å². The van der Waals surface area contributed by atoms with Crippen LogP contribution in [0.15, 0.2) is 85.5 Å². The monoisotopic (exact) mass is 428 g/mol. The SMILES string of the molecule is C=CCCCCC.Oc1ccc(O)cc1.Oc1ccc(O)cc1.Oc1ccc(O)cc1. The molecule has 6 nitrogen and oxygen atoms in total. The van der Waals surface area contributed by atoms with E-state index in [1.54, 1.807) is 0 Å². The molecule has 0 fully saturated rings. The maximum Gasteiger partial charge on any atom is 0.115 e. The van der Waals surface area contributed by atoms with Crippen LogP contribution in [0.1, 0.15) is 32.6 Å². The van der Waals surface area contributed by atoms with Gasteiger partial charge in [-0.3, -0.25) is 0 Å². The molecule has 0 atom stereocenters. The van der Waals surface area contributed by atoms with Gasteiger partial charge in [-0.2, -0.15) is 0 Å². The first-order valence-electron chi connectivity index (χ1n) is 9.83. The van der Waals surface area contributed by atoms with Crippen LogP contribution in [0, 0.1) is 0 Å². The Kier molecular flexibility index (Phi) is 15.0. The first-order valence-corrected chi connectivity index (χ1v) is 9.83. The van der Waals surface area contributed by atoms with Gasteiger partial charge in [0.15, 0.2) is 0 Å². The summed E-state index contributed by atoms with van der Waals surface area (Å²) in [4.78, 5) is 0. The van der Waals surface area contributed by atoms with E-state index in [1.807, 2.05) is 6.08 Å². The van der Waals surface area contributed by atoms with Crippen LogP contribution in [-0.2, 0) is 0 Å². The van der Waals surface area contributed by atoms with Gasteiger partial charge in [0.1, 0.15) is 34.5 Å². The molecule has 3 aromatic rings. The van der Waals surface area contributed by atoms with Gasteiger partial charge >= 0.3 is 0 Å². The minimum atomic E-state index is 0.169. The van der Waals surface area contributed by atoms with Crippen LogP contribution >= 0.6 is 0 Å². The lowest BCUT2D eigenvalue weighted by atomic mass is 10.2. The van der Waals surface area contributed by atoms with Crippen LogP contribution in [0.2, 0.25) is 0 Å². The first kappa shape index (κ1) is 27.2. The summed E-state index contributed by atoms with van der Waals surface area (Å²) in [6.07, 6.45) is 7.16. The average Bonchev–Trinajstić information content (AvgIpc) is 2.76. The van der Waals surface area contributed by atoms with Crippen molar-refractivity contribution in [3.05, 3.63) is 85.5 Å². The summed E-state index contributed by atoms with van der Waals surface area (Å²) in [5.74, 6) is 1.02. The predicted molar refractivity (Wildman–Crippen MR) is 124 cm³/mol. The molecule has 0 aliphatic rings. The van der Waals surface area contributed by atoms with Crippen LogP contribution in [0.5, 0.6) is 34.5 Å². The van der Waals surface area contributed by atoms with Crippen LogP contribution in [0.4, 0.5) is 0 Å². The van der Waals surface area contributed by atoms with Crippen molar-refractivity contribution in [2.75, 3.05) is 0 Å². The number of unbranched alkanes of at least 4 members (excludes halogenated alkanes) is 3. The predicted octanol–water partition coefficient (Wildman–Crippen LogP) is 6.05. The van der Waals surface area contributed by atoms with Crippen molar-refractivity contribution >= 4 is 0 Å². The van der Waals surface area contributed by atoms with E-state index in [4.69, 9.17) is 30.6 Å². The second kappa shape index (κ2) is 17.1. The number of benzene rings is 3. The fourth-order valence-electron chi connectivity index (χ4n) is 1.90. The number of hydrogen-bond acceptors (Lipinski definition) is 6. The third-order valence-corrected chi connectivity index (χ3v) is 3.56. The Hall–Kier alpha value is -3.80. The van der Waals surface area contributed by atoms with Crippen molar-refractivity contribution in [3.8, 4) is 34.5 Å². The summed E-state index contributed by atoms with van der Waals surface area (Å²) < 4.78 is 0. The molecule has 0 aliphatic carbocycles. The van der Waals surface area contributed by atoms with Gasteiger partial charge in [-0.25, -0.2) is 0 Å². The van der Waals surface area contributed by atoms with Crippen LogP contribution in [0.3, 0.4) is 0 Å². The molecule has 0 saturated carbocycles. The van der Waals surface area contributed by atoms with Crippen molar-refractivity contribution in [2.24, 2.45) is 0 Å². The van der Waals surface area contributed by atoms with Crippen molar-refractivity contribution < 1.29 is 30.6 Å². The Balaban J connectivity index is 0.000000388. The van der Waals surface area contributed by atoms with Crippen molar-refractivity contribution in [2.45, 2.75) is 32.6 Å². The van der Waals surface area contributed by atoms with E-state index in [0.717, 1.165) is 0 Å². The quantitative estimate of drug-likeness (QED) is 0.171. The Bertz CT molecular complexity index is 646. The van der Waals surface area contributed by atoms with Crippen LogP contribution in [-0.4, -0.2) is 30.6 Å². The largest absolute Gasteiger partial charge is 0.508 e. The lowest BCUT2D eigenvalue weighted by Gasteiger charge is -1.88. The molecule has 0 unspecified atom stereocenters. The smallest absolute Gasteiger partial charge is 0.115 e. The zero-order valence-corrected chi connectivity index (χ0v) is 17.7. The van der Waals surface area contributed by atoms with E-state index in [2.05, 4.69) is 13.5 Å². The summed E-state index contributed by atoms with van der Waals surface area (Å²) in [6.45, 7) is 5.84. The van der Waals surface area contributed by atoms with Crippen LogP contribution in [0.25, 0.3) is 0 Å². The topological polar surface area (TPSA) is 121 Å². The number of hydrogen-bond donors (Lipinski definition) is 6. The number of phenolic OH excluding ortho intramolecular Hbond substituents is 6. The Morgan fingerprint density at radius 3 is 0.903 bits per heavy atom. The first-order chi connectivity index (χ1) is 14.8. The number of aromatic hydroxyl groups is 6. The van der Waals surface area contributed by atoms with Gasteiger partial charge in [-0.05, 0) is 85.6 Å². The second-order valence-electron chi connectivity index (χ2n) is 6.33. The zero-order valence-electron chi connectivity index (χ0n) is 17.7. The number of phenols is 6. The maximum atomic E-state index is 8.65. The highest BCUT2D eigenvalue weighted by atomic mass is 16.3. The van der Waals surface area contributed by atoms with E-state index < -0.39 is 0 Å². The Morgan fingerprint density at radius 2 is 0.742 bits per heavy atom. The van der Waals surface area contributed by atoms with Crippen molar-refractivity contribution in [3.63, 3.8) is 0 Å². The normalized spacial score (nSPS) is 8.94. The number of allylic oxidation sites excluding steroid dienone is 1. The molecule has 31 heavy (non-hydrogen) atoms. The van der Waals surface area contributed by atoms with E-state index in [-0.39, 0.29) is 34.5 Å². The zero-order chi connectivity index (χ0) is 23.5. The Morgan fingerprint density at radius 1 is 0.516 bits per heavy atom. The minimum absolute atomic E-state index is 0.169. The van der Waals surface area contributed by atoms with Crippen LogP contribution < -0.4 is 0 Å². The second-order valence-corrected chi connectivity index (χ2v) is 6.33. The average molecular weight is 429 g/mol. The molecule has 0 saturated heterocycles. The lowest BCUT2D eigenvalue weighted by Crippen LogP contribution is -1.67. The van der Waals surface area contributed by atoms with Gasteiger partial charge in [0.05, 0.1) is 0 Å². The molecule has 0 radical (unpaired) electrons. The number of rotatable bonds is 4. The van der Waals surface area contributed by atoms with E-state index in [0.29, 0.717) is 0 Å². The molecule has 0 aliphatic heterocycles. The molecule has 0 bridgehead atoms. The molecule has 0 spiro atoms. The molecular formula is C25H32O6. The Labute approximate surface area is 183 Å². The van der Waals surface area contributed by atoms with E-state index >= 15 is 0 Å². The molecule has 6 heteroatoms. The molecular weight excluding hydrogens is 396 g/mol. The fraction of sp³-hybridized carbons (Fsp3) is 0.200. The third kappa shape index (κ3) is 16.8. The van der Waals surface area contributed by atoms with Gasteiger partial charge in [0.25, 0.3) is 0 Å². The molecule has 3 aromatic carbocycles. The van der Waals surface area contributed by atoms with Gasteiger partial charge in [0.2, 0.25) is 0 Å². The summed E-state index contributed by atoms with van der Waals surface area (Å²) in [6, 6.07) is 17.1. The molecule has 0 heterocycles.